The number of hydrogen-bond donors (Lipinski definition) is 2. The van der Waals surface area contributed by atoms with Crippen molar-refractivity contribution < 1.29 is 9.53 Å². The van der Waals surface area contributed by atoms with E-state index in [9.17, 15) is 9.59 Å². The van der Waals surface area contributed by atoms with Gasteiger partial charge in [0.25, 0.3) is 5.56 Å². The molecule has 8 heteroatoms. The molecule has 2 N–H and O–H groups in total. The van der Waals surface area contributed by atoms with Crippen molar-refractivity contribution in [2.75, 3.05) is 13.7 Å². The van der Waals surface area contributed by atoms with Gasteiger partial charge in [0.1, 0.15) is 11.3 Å². The quantitative estimate of drug-likeness (QED) is 0.406. The van der Waals surface area contributed by atoms with Gasteiger partial charge in [-0.3, -0.25) is 9.59 Å². The highest BCUT2D eigenvalue weighted by Gasteiger charge is 2.11. The minimum Gasteiger partial charge on any atom is -0.497 e. The first-order valence-electron chi connectivity index (χ1n) is 10.7. The van der Waals surface area contributed by atoms with E-state index in [2.05, 4.69) is 15.4 Å². The summed E-state index contributed by atoms with van der Waals surface area (Å²) < 4.78 is 8.43. The summed E-state index contributed by atoms with van der Waals surface area (Å²) in [6.07, 6.45) is 5.57. The molecule has 0 aliphatic rings. The fraction of sp³-hybridized carbons (Fsp3) is 0.160. The van der Waals surface area contributed by atoms with Crippen LogP contribution in [-0.4, -0.2) is 38.7 Å². The highest BCUT2D eigenvalue weighted by atomic mass is 16.5. The van der Waals surface area contributed by atoms with Crippen molar-refractivity contribution in [3.05, 3.63) is 89.1 Å². The van der Waals surface area contributed by atoms with Gasteiger partial charge in [0.15, 0.2) is 0 Å². The molecule has 3 aromatic heterocycles. The van der Waals surface area contributed by atoms with Gasteiger partial charge in [-0.1, -0.05) is 30.3 Å². The Morgan fingerprint density at radius 1 is 1.12 bits per heavy atom. The minimum absolute atomic E-state index is 0.0847. The molecule has 0 spiro atoms. The molecule has 0 saturated carbocycles. The lowest BCUT2D eigenvalue weighted by Crippen LogP contribution is -2.32. The molecule has 0 atom stereocenters. The average Bonchev–Trinajstić information content (AvgIpc) is 3.46. The number of aromatic nitrogens is 4. The number of fused-ring (bicyclic) bond motifs is 2. The molecule has 1 amide bonds. The zero-order valence-electron chi connectivity index (χ0n) is 18.1. The van der Waals surface area contributed by atoms with Crippen molar-refractivity contribution in [2.45, 2.75) is 13.0 Å². The third-order valence-electron chi connectivity index (χ3n) is 5.67. The van der Waals surface area contributed by atoms with Gasteiger partial charge in [-0.2, -0.15) is 5.10 Å². The Hall–Kier alpha value is -4.33. The molecule has 8 nitrogen and oxygen atoms in total. The molecule has 33 heavy (non-hydrogen) atoms. The summed E-state index contributed by atoms with van der Waals surface area (Å²) >= 11 is 0. The molecule has 0 fully saturated rings. The van der Waals surface area contributed by atoms with E-state index in [0.717, 1.165) is 27.8 Å². The van der Waals surface area contributed by atoms with E-state index in [1.54, 1.807) is 34.7 Å². The number of hydrogen-bond acceptors (Lipinski definition) is 4. The van der Waals surface area contributed by atoms with Crippen molar-refractivity contribution in [1.82, 2.24) is 24.5 Å². The molecule has 0 saturated heterocycles. The summed E-state index contributed by atoms with van der Waals surface area (Å²) in [6.45, 7) is 0.725. The van der Waals surface area contributed by atoms with Gasteiger partial charge in [-0.15, -0.1) is 0 Å². The van der Waals surface area contributed by atoms with Crippen LogP contribution in [0, 0.1) is 0 Å². The second-order valence-corrected chi connectivity index (χ2v) is 7.77. The average molecular weight is 441 g/mol. The Bertz CT molecular complexity index is 1510. The van der Waals surface area contributed by atoms with E-state index < -0.39 is 0 Å². The van der Waals surface area contributed by atoms with Crippen LogP contribution in [0.4, 0.5) is 0 Å². The van der Waals surface area contributed by atoms with Crippen molar-refractivity contribution in [2.24, 2.45) is 0 Å². The van der Waals surface area contributed by atoms with Crippen LogP contribution in [0.25, 0.3) is 27.7 Å². The Morgan fingerprint density at radius 2 is 2.00 bits per heavy atom. The molecule has 2 aromatic carbocycles. The Morgan fingerprint density at radius 3 is 2.88 bits per heavy atom. The number of carbonyl (C=O) groups excluding carboxylic acids is 1. The van der Waals surface area contributed by atoms with Crippen LogP contribution >= 0.6 is 0 Å². The maximum Gasteiger partial charge on any atom is 0.276 e. The van der Waals surface area contributed by atoms with E-state index in [1.165, 1.54) is 0 Å². The first-order chi connectivity index (χ1) is 16.1. The molecule has 0 bridgehead atoms. The van der Waals surface area contributed by atoms with E-state index in [4.69, 9.17) is 4.74 Å². The first kappa shape index (κ1) is 20.6. The van der Waals surface area contributed by atoms with Crippen LogP contribution in [0.5, 0.6) is 5.75 Å². The number of amides is 1. The zero-order valence-corrected chi connectivity index (χ0v) is 18.1. The van der Waals surface area contributed by atoms with Gasteiger partial charge < -0.3 is 19.6 Å². The number of nitrogens with one attached hydrogen (secondary N) is 2. The molecule has 0 aliphatic carbocycles. The second-order valence-electron chi connectivity index (χ2n) is 7.77. The van der Waals surface area contributed by atoms with Crippen molar-refractivity contribution >= 4 is 22.3 Å². The highest BCUT2D eigenvalue weighted by molar-refractivity contribution is 5.88. The van der Waals surface area contributed by atoms with E-state index in [1.807, 2.05) is 54.7 Å². The lowest BCUT2D eigenvalue weighted by atomic mass is 10.1. The van der Waals surface area contributed by atoms with Crippen molar-refractivity contribution in [1.29, 1.82) is 0 Å². The molecular formula is C25H23N5O3. The lowest BCUT2D eigenvalue weighted by molar-refractivity contribution is -0.120. The summed E-state index contributed by atoms with van der Waals surface area (Å²) in [7, 11) is 1.61. The zero-order chi connectivity index (χ0) is 22.8. The fourth-order valence-corrected chi connectivity index (χ4v) is 3.95. The van der Waals surface area contributed by atoms with Gasteiger partial charge in [0, 0.05) is 48.1 Å². The maximum absolute atomic E-state index is 12.9. The number of benzene rings is 2. The summed E-state index contributed by atoms with van der Waals surface area (Å²) in [5.41, 5.74) is 3.83. The normalized spacial score (nSPS) is 11.2. The Kier molecular flexibility index (Phi) is 5.40. The second kappa shape index (κ2) is 8.66. The predicted octanol–water partition coefficient (Wildman–Crippen LogP) is 3.01. The monoisotopic (exact) mass is 441 g/mol. The largest absolute Gasteiger partial charge is 0.497 e. The molecule has 5 aromatic rings. The third kappa shape index (κ3) is 4.10. The SMILES string of the molecule is COc1cccc(-c2cc3c(=O)n(CCNC(=O)Cc4c[nH]c5ccccc45)ccn3n2)c1. The van der Waals surface area contributed by atoms with Crippen molar-refractivity contribution in [3.8, 4) is 17.0 Å². The molecule has 5 rings (SSSR count). The topological polar surface area (TPSA) is 93.4 Å². The Labute approximate surface area is 189 Å². The van der Waals surface area contributed by atoms with Gasteiger partial charge in [0.2, 0.25) is 5.91 Å². The first-order valence-corrected chi connectivity index (χ1v) is 10.7. The summed E-state index contributed by atoms with van der Waals surface area (Å²) in [6, 6.07) is 17.2. The van der Waals surface area contributed by atoms with E-state index in [0.29, 0.717) is 24.3 Å². The molecule has 0 radical (unpaired) electrons. The van der Waals surface area contributed by atoms with Gasteiger partial charge in [0.05, 0.1) is 19.2 Å². The number of aromatic amines is 1. The summed E-state index contributed by atoms with van der Waals surface area (Å²) in [4.78, 5) is 28.5. The summed E-state index contributed by atoms with van der Waals surface area (Å²) in [5, 5.41) is 8.46. The van der Waals surface area contributed by atoms with Gasteiger partial charge in [-0.25, -0.2) is 4.52 Å². The van der Waals surface area contributed by atoms with Crippen LogP contribution in [0.1, 0.15) is 5.56 Å². The smallest absolute Gasteiger partial charge is 0.276 e. The number of methoxy groups -OCH3 is 1. The van der Waals surface area contributed by atoms with E-state index in [-0.39, 0.29) is 17.9 Å². The summed E-state index contributed by atoms with van der Waals surface area (Å²) in [5.74, 6) is 0.642. The number of nitrogens with zero attached hydrogens (tertiary/aromatic N) is 3. The standard InChI is InChI=1S/C25H23N5O3/c1-33-19-6-4-5-17(13-19)22-15-23-25(32)29(11-12-30(23)28-22)10-9-26-24(31)14-18-16-27-21-8-3-2-7-20(18)21/h2-8,11-13,15-16,27H,9-10,14H2,1H3,(H,26,31). The number of H-pyrrole nitrogens is 1. The lowest BCUT2D eigenvalue weighted by Gasteiger charge is -2.08. The molecule has 0 aliphatic heterocycles. The molecular weight excluding hydrogens is 418 g/mol. The van der Waals surface area contributed by atoms with Crippen molar-refractivity contribution in [3.63, 3.8) is 0 Å². The maximum atomic E-state index is 12.9. The molecule has 166 valence electrons. The predicted molar refractivity (Wildman–Crippen MR) is 126 cm³/mol. The van der Waals surface area contributed by atoms with Crippen LogP contribution < -0.4 is 15.6 Å². The van der Waals surface area contributed by atoms with Crippen LogP contribution in [-0.2, 0) is 17.8 Å². The number of rotatable bonds is 7. The van der Waals surface area contributed by atoms with Crippen LogP contribution in [0.3, 0.4) is 0 Å². The highest BCUT2D eigenvalue weighted by Crippen LogP contribution is 2.23. The molecule has 3 heterocycles. The fourth-order valence-electron chi connectivity index (χ4n) is 3.95. The van der Waals surface area contributed by atoms with Gasteiger partial charge in [-0.05, 0) is 29.8 Å². The number of ether oxygens (including phenoxy) is 1. The van der Waals surface area contributed by atoms with Crippen LogP contribution in [0.2, 0.25) is 0 Å². The molecule has 0 unspecified atom stereocenters. The van der Waals surface area contributed by atoms with Crippen LogP contribution in [0.15, 0.2) is 78.0 Å². The number of para-hydroxylation sites is 1. The minimum atomic E-state index is -0.162. The Balaban J connectivity index is 1.26. The van der Waals surface area contributed by atoms with E-state index >= 15 is 0 Å². The third-order valence-corrected chi connectivity index (χ3v) is 5.67. The van der Waals surface area contributed by atoms with Gasteiger partial charge >= 0.3 is 0 Å². The number of carbonyl (C=O) groups is 1.